The van der Waals surface area contributed by atoms with E-state index in [2.05, 4.69) is 64.1 Å². The van der Waals surface area contributed by atoms with Crippen molar-refractivity contribution >= 4 is 23.5 Å². The molecule has 1 aromatic carbocycles. The number of amides is 2. The highest BCUT2D eigenvalue weighted by Crippen LogP contribution is 2.35. The summed E-state index contributed by atoms with van der Waals surface area (Å²) in [6.07, 6.45) is 3.17. The highest BCUT2D eigenvalue weighted by molar-refractivity contribution is 5.99. The van der Waals surface area contributed by atoms with E-state index in [1.165, 1.54) is 0 Å². The van der Waals surface area contributed by atoms with Crippen LogP contribution in [-0.4, -0.2) is 95.8 Å². The maximum atomic E-state index is 14.0. The minimum atomic E-state index is -0.555. The van der Waals surface area contributed by atoms with Crippen LogP contribution >= 0.6 is 0 Å². The van der Waals surface area contributed by atoms with Gasteiger partial charge in [0.05, 0.1) is 0 Å². The number of H-pyrrole nitrogens is 1. The Balaban J connectivity index is 1.47. The number of aryl methyl sites for hydroxylation is 2. The summed E-state index contributed by atoms with van der Waals surface area (Å²) in [6, 6.07) is 10.3. The van der Waals surface area contributed by atoms with E-state index in [1.807, 2.05) is 64.8 Å². The summed E-state index contributed by atoms with van der Waals surface area (Å²) in [5, 5.41) is 3.04. The number of piperidine rings is 1. The largest absolute Gasteiger partial charge is 0.444 e. The van der Waals surface area contributed by atoms with Crippen LogP contribution in [-0.2, 0) is 11.3 Å². The number of hydrogen-bond acceptors (Lipinski definition) is 8. The molecule has 0 spiro atoms. The quantitative estimate of drug-likeness (QED) is 0.313. The van der Waals surface area contributed by atoms with Gasteiger partial charge in [-0.05, 0) is 122 Å². The zero-order valence-corrected chi connectivity index (χ0v) is 31.4. The Hall–Kier alpha value is -4.38. The third kappa shape index (κ3) is 8.49. The first kappa shape index (κ1) is 36.9. The molecule has 4 heterocycles. The zero-order chi connectivity index (χ0) is 36.3. The molecule has 50 heavy (non-hydrogen) atoms. The maximum absolute atomic E-state index is 14.0. The first-order valence-electron chi connectivity index (χ1n) is 17.9. The molecule has 11 nitrogen and oxygen atoms in total. The molecule has 3 aromatic rings. The number of aromatic amines is 1. The number of likely N-dealkylation sites (tertiary alicyclic amines) is 1. The van der Waals surface area contributed by atoms with Gasteiger partial charge in [0.15, 0.2) is 0 Å². The van der Waals surface area contributed by atoms with Crippen LogP contribution in [0, 0.1) is 20.8 Å². The lowest BCUT2D eigenvalue weighted by Gasteiger charge is -2.43. The molecule has 2 aliphatic heterocycles. The molecule has 2 N–H and O–H groups in total. The van der Waals surface area contributed by atoms with E-state index in [4.69, 9.17) is 9.72 Å². The summed E-state index contributed by atoms with van der Waals surface area (Å²) < 4.78 is 5.70. The average Bonchev–Trinajstić information content (AvgIpc) is 3.05. The van der Waals surface area contributed by atoms with Crippen LogP contribution in [0.3, 0.4) is 0 Å². The van der Waals surface area contributed by atoms with E-state index in [0.29, 0.717) is 17.7 Å². The summed E-state index contributed by atoms with van der Waals surface area (Å²) in [5.74, 6) is 0.711. The van der Waals surface area contributed by atoms with E-state index in [9.17, 15) is 14.4 Å². The van der Waals surface area contributed by atoms with Crippen LogP contribution in [0.25, 0.3) is 11.1 Å². The predicted molar refractivity (Wildman–Crippen MR) is 200 cm³/mol. The molecule has 0 radical (unpaired) electrons. The van der Waals surface area contributed by atoms with E-state index in [-0.39, 0.29) is 36.2 Å². The molecule has 2 atom stereocenters. The van der Waals surface area contributed by atoms with E-state index in [0.717, 1.165) is 85.0 Å². The SMILES string of the molecule is CCN(c1cc(-c2ccc(N3CCN(C)CC3)nc2)cc(C(=O)NCc2c(C)cc(C)[nH]c2=O)c1C)C1CCN(C(=O)OC(C)(C)C)C(C)C1. The van der Waals surface area contributed by atoms with Gasteiger partial charge in [0.1, 0.15) is 11.4 Å². The van der Waals surface area contributed by atoms with Gasteiger partial charge < -0.3 is 34.6 Å². The molecular formula is C39H55N7O4. The van der Waals surface area contributed by atoms with Crippen molar-refractivity contribution in [3.05, 3.63) is 74.8 Å². The zero-order valence-electron chi connectivity index (χ0n) is 31.4. The number of carbonyl (C=O) groups is 2. The standard InChI is InChI=1S/C39H55N7O4/c1-10-45(31-13-14-46(27(4)20-31)38(49)50-39(6,7)8)34-22-30(29-11-12-35(40-23-29)44-17-15-43(9)16-18-44)21-32(28(34)5)36(47)41-24-33-25(2)19-26(3)42-37(33)48/h11-12,19,21-23,27,31H,10,13-18,20,24H2,1-9H3,(H,41,47)(H,42,48). The molecule has 0 aliphatic carbocycles. The number of nitrogens with zero attached hydrogens (tertiary/aromatic N) is 5. The van der Waals surface area contributed by atoms with Crippen molar-refractivity contribution in [1.29, 1.82) is 0 Å². The summed E-state index contributed by atoms with van der Waals surface area (Å²) >= 11 is 0. The van der Waals surface area contributed by atoms with Crippen LogP contribution in [0.4, 0.5) is 16.3 Å². The molecule has 2 amide bonds. The molecular weight excluding hydrogens is 630 g/mol. The normalized spacial score (nSPS) is 18.6. The van der Waals surface area contributed by atoms with Crippen molar-refractivity contribution in [3.8, 4) is 11.1 Å². The fraction of sp³-hybridized carbons (Fsp3) is 0.538. The molecule has 0 bridgehead atoms. The second-order valence-electron chi connectivity index (χ2n) is 15.0. The summed E-state index contributed by atoms with van der Waals surface area (Å²) in [5.41, 5.74) is 5.65. The average molecular weight is 686 g/mol. The van der Waals surface area contributed by atoms with Crippen LogP contribution in [0.15, 0.2) is 41.3 Å². The lowest BCUT2D eigenvalue weighted by Crippen LogP contribution is -2.52. The van der Waals surface area contributed by atoms with Gasteiger partial charge in [-0.15, -0.1) is 0 Å². The molecule has 270 valence electrons. The molecule has 2 saturated heterocycles. The van der Waals surface area contributed by atoms with Gasteiger partial charge in [-0.1, -0.05) is 0 Å². The fourth-order valence-electron chi connectivity index (χ4n) is 7.19. The van der Waals surface area contributed by atoms with Crippen molar-refractivity contribution < 1.29 is 14.3 Å². The summed E-state index contributed by atoms with van der Waals surface area (Å²) in [4.78, 5) is 56.3. The number of benzene rings is 1. The van der Waals surface area contributed by atoms with E-state index < -0.39 is 5.60 Å². The van der Waals surface area contributed by atoms with Crippen molar-refractivity contribution in [2.24, 2.45) is 0 Å². The van der Waals surface area contributed by atoms with Crippen LogP contribution in [0.2, 0.25) is 0 Å². The first-order valence-corrected chi connectivity index (χ1v) is 17.9. The predicted octanol–water partition coefficient (Wildman–Crippen LogP) is 5.66. The minimum absolute atomic E-state index is 0.00827. The topological polar surface area (TPSA) is 114 Å². The first-order chi connectivity index (χ1) is 23.6. The van der Waals surface area contributed by atoms with Gasteiger partial charge >= 0.3 is 6.09 Å². The van der Waals surface area contributed by atoms with Gasteiger partial charge in [-0.25, -0.2) is 9.78 Å². The second-order valence-corrected chi connectivity index (χ2v) is 15.0. The number of rotatable bonds is 8. The Labute approximate surface area is 297 Å². The Kier molecular flexibility index (Phi) is 11.2. The van der Waals surface area contributed by atoms with E-state index >= 15 is 0 Å². The Morgan fingerprint density at radius 3 is 2.36 bits per heavy atom. The number of nitrogens with one attached hydrogen (secondary N) is 2. The molecule has 2 fully saturated rings. The smallest absolute Gasteiger partial charge is 0.410 e. The van der Waals surface area contributed by atoms with Crippen molar-refractivity contribution in [2.45, 2.75) is 92.5 Å². The number of likely N-dealkylation sites (N-methyl/N-ethyl adjacent to an activating group) is 1. The third-order valence-electron chi connectivity index (χ3n) is 10.0. The number of anilines is 2. The number of hydrogen-bond donors (Lipinski definition) is 2. The third-order valence-corrected chi connectivity index (χ3v) is 10.0. The number of pyridine rings is 2. The van der Waals surface area contributed by atoms with E-state index in [1.54, 1.807) is 0 Å². The lowest BCUT2D eigenvalue weighted by molar-refractivity contribution is 0.0103. The number of carbonyl (C=O) groups excluding carboxylic acids is 2. The molecule has 0 saturated carbocycles. The Bertz CT molecular complexity index is 1740. The maximum Gasteiger partial charge on any atom is 0.410 e. The second kappa shape index (κ2) is 15.2. The van der Waals surface area contributed by atoms with Crippen molar-refractivity contribution in [1.82, 2.24) is 25.1 Å². The number of piperazine rings is 1. The Morgan fingerprint density at radius 2 is 1.76 bits per heavy atom. The molecule has 2 aromatic heterocycles. The lowest BCUT2D eigenvalue weighted by atomic mass is 9.93. The molecule has 2 aliphatic rings. The van der Waals surface area contributed by atoms with Crippen LogP contribution < -0.4 is 20.7 Å². The molecule has 2 unspecified atom stereocenters. The highest BCUT2D eigenvalue weighted by atomic mass is 16.6. The summed E-state index contributed by atoms with van der Waals surface area (Å²) in [7, 11) is 2.14. The van der Waals surface area contributed by atoms with Gasteiger partial charge in [0.25, 0.3) is 11.5 Å². The van der Waals surface area contributed by atoms with Gasteiger partial charge in [-0.3, -0.25) is 9.59 Å². The fourth-order valence-corrected chi connectivity index (χ4v) is 7.19. The highest BCUT2D eigenvalue weighted by Gasteiger charge is 2.35. The van der Waals surface area contributed by atoms with Gasteiger partial charge in [0.2, 0.25) is 0 Å². The van der Waals surface area contributed by atoms with Crippen LogP contribution in [0.1, 0.15) is 80.2 Å². The minimum Gasteiger partial charge on any atom is -0.444 e. The summed E-state index contributed by atoms with van der Waals surface area (Å²) in [6.45, 7) is 20.9. The van der Waals surface area contributed by atoms with Gasteiger partial charge in [-0.2, -0.15) is 0 Å². The molecule has 5 rings (SSSR count). The number of ether oxygens (including phenoxy) is 1. The molecule has 11 heteroatoms. The van der Waals surface area contributed by atoms with Gasteiger partial charge in [0, 0.05) is 92.2 Å². The van der Waals surface area contributed by atoms with Crippen molar-refractivity contribution in [3.63, 3.8) is 0 Å². The van der Waals surface area contributed by atoms with Crippen LogP contribution in [0.5, 0.6) is 0 Å². The van der Waals surface area contributed by atoms with Crippen molar-refractivity contribution in [2.75, 3.05) is 56.1 Å². The Morgan fingerprint density at radius 1 is 1.04 bits per heavy atom. The monoisotopic (exact) mass is 685 g/mol. The number of aromatic nitrogens is 2.